The van der Waals surface area contributed by atoms with Crippen LogP contribution in [0.3, 0.4) is 0 Å². The number of benzene rings is 1. The molecule has 1 aromatic rings. The van der Waals surface area contributed by atoms with E-state index in [9.17, 15) is 4.79 Å². The molecule has 3 atom stereocenters. The number of carbonyl (C=O) groups is 1. The van der Waals surface area contributed by atoms with Crippen molar-refractivity contribution in [2.75, 3.05) is 6.54 Å². The van der Waals surface area contributed by atoms with E-state index >= 15 is 0 Å². The van der Waals surface area contributed by atoms with Gasteiger partial charge in [-0.3, -0.25) is 4.79 Å². The minimum absolute atomic E-state index is 0.0394. The van der Waals surface area contributed by atoms with Crippen molar-refractivity contribution in [1.82, 2.24) is 10.6 Å². The molecule has 1 amide bonds. The van der Waals surface area contributed by atoms with E-state index < -0.39 is 0 Å². The first-order valence-electron chi connectivity index (χ1n) is 8.22. The van der Waals surface area contributed by atoms with Gasteiger partial charge in [-0.1, -0.05) is 38.1 Å². The van der Waals surface area contributed by atoms with Crippen LogP contribution >= 0.6 is 0 Å². The summed E-state index contributed by atoms with van der Waals surface area (Å²) in [6.45, 7) is 6.22. The van der Waals surface area contributed by atoms with Crippen LogP contribution in [0.2, 0.25) is 0 Å². The zero-order valence-electron chi connectivity index (χ0n) is 13.1. The second-order valence-electron chi connectivity index (χ2n) is 7.01. The molecule has 2 N–H and O–H groups in total. The summed E-state index contributed by atoms with van der Waals surface area (Å²) in [5, 5.41) is 6.68. The first-order chi connectivity index (χ1) is 10.1. The van der Waals surface area contributed by atoms with Crippen molar-refractivity contribution >= 4 is 5.91 Å². The van der Waals surface area contributed by atoms with Gasteiger partial charge in [0.2, 0.25) is 5.91 Å². The highest BCUT2D eigenvalue weighted by Crippen LogP contribution is 2.30. The lowest BCUT2D eigenvalue weighted by atomic mass is 9.80. The Balaban J connectivity index is 1.69. The summed E-state index contributed by atoms with van der Waals surface area (Å²) in [7, 11) is 0. The van der Waals surface area contributed by atoms with Gasteiger partial charge in [0.05, 0.1) is 5.92 Å². The van der Waals surface area contributed by atoms with E-state index in [4.69, 9.17) is 0 Å². The van der Waals surface area contributed by atoms with Crippen molar-refractivity contribution in [2.24, 2.45) is 11.8 Å². The molecule has 0 saturated heterocycles. The second-order valence-corrected chi connectivity index (χ2v) is 7.01. The summed E-state index contributed by atoms with van der Waals surface area (Å²) in [5.41, 5.74) is 2.46. The summed E-state index contributed by atoms with van der Waals surface area (Å²) in [6.07, 6.45) is 3.54. The van der Waals surface area contributed by atoms with Gasteiger partial charge in [0, 0.05) is 19.1 Å². The molecule has 1 aliphatic heterocycles. The lowest BCUT2D eigenvalue weighted by molar-refractivity contribution is -0.123. The number of carbonyl (C=O) groups excluding carboxylic acids is 1. The Morgan fingerprint density at radius 3 is 2.62 bits per heavy atom. The van der Waals surface area contributed by atoms with E-state index in [-0.39, 0.29) is 11.8 Å². The van der Waals surface area contributed by atoms with Crippen molar-refractivity contribution in [2.45, 2.75) is 51.6 Å². The van der Waals surface area contributed by atoms with Crippen LogP contribution in [0.4, 0.5) is 0 Å². The first-order valence-corrected chi connectivity index (χ1v) is 8.22. The quantitative estimate of drug-likeness (QED) is 0.878. The Hall–Kier alpha value is -1.35. The lowest BCUT2D eigenvalue weighted by Gasteiger charge is -2.34. The predicted molar refractivity (Wildman–Crippen MR) is 85.0 cm³/mol. The molecule has 21 heavy (non-hydrogen) atoms. The normalized spacial score (nSPS) is 32.3. The number of fused-ring (bicyclic) bond motifs is 1. The number of hydrogen-bond acceptors (Lipinski definition) is 2. The van der Waals surface area contributed by atoms with E-state index in [0.717, 1.165) is 37.8 Å². The van der Waals surface area contributed by atoms with Crippen LogP contribution in [0.1, 0.15) is 50.2 Å². The topological polar surface area (TPSA) is 41.1 Å². The fourth-order valence-electron chi connectivity index (χ4n) is 4.10. The van der Waals surface area contributed by atoms with Crippen LogP contribution in [-0.4, -0.2) is 18.5 Å². The second kappa shape index (κ2) is 6.18. The number of amides is 1. The van der Waals surface area contributed by atoms with Crippen molar-refractivity contribution in [3.8, 4) is 0 Å². The van der Waals surface area contributed by atoms with E-state index in [0.29, 0.717) is 6.04 Å². The molecule has 1 fully saturated rings. The minimum atomic E-state index is -0.0394. The van der Waals surface area contributed by atoms with E-state index in [2.05, 4.69) is 36.6 Å². The van der Waals surface area contributed by atoms with Gasteiger partial charge >= 0.3 is 0 Å². The van der Waals surface area contributed by atoms with Gasteiger partial charge in [-0.05, 0) is 42.2 Å². The van der Waals surface area contributed by atoms with Crippen LogP contribution in [0.15, 0.2) is 24.3 Å². The Labute approximate surface area is 127 Å². The molecule has 1 heterocycles. The third-order valence-corrected chi connectivity index (χ3v) is 4.94. The Morgan fingerprint density at radius 1 is 1.14 bits per heavy atom. The minimum Gasteiger partial charge on any atom is -0.353 e. The maximum atomic E-state index is 12.7. The molecular weight excluding hydrogens is 260 g/mol. The van der Waals surface area contributed by atoms with E-state index in [1.54, 1.807) is 0 Å². The molecule has 1 saturated carbocycles. The van der Waals surface area contributed by atoms with Crippen LogP contribution < -0.4 is 10.6 Å². The number of nitrogens with one attached hydrogen (secondary N) is 2. The third kappa shape index (κ3) is 3.29. The fraction of sp³-hybridized carbons (Fsp3) is 0.611. The molecule has 0 aromatic heterocycles. The van der Waals surface area contributed by atoms with Gasteiger partial charge in [0.25, 0.3) is 0 Å². The molecule has 3 heteroatoms. The van der Waals surface area contributed by atoms with Gasteiger partial charge in [0.15, 0.2) is 0 Å². The van der Waals surface area contributed by atoms with Crippen LogP contribution in [0.25, 0.3) is 0 Å². The van der Waals surface area contributed by atoms with Crippen LogP contribution in [0, 0.1) is 11.8 Å². The SMILES string of the molecule is CC1CC(C)CC(NC(=O)C2CNCc3ccccc32)C1. The molecule has 0 bridgehead atoms. The summed E-state index contributed by atoms with van der Waals surface area (Å²) >= 11 is 0. The number of hydrogen-bond donors (Lipinski definition) is 2. The highest BCUT2D eigenvalue weighted by molar-refractivity contribution is 5.85. The molecule has 114 valence electrons. The van der Waals surface area contributed by atoms with Gasteiger partial charge in [-0.25, -0.2) is 0 Å². The molecule has 3 nitrogen and oxygen atoms in total. The Kier molecular flexibility index (Phi) is 4.29. The van der Waals surface area contributed by atoms with Gasteiger partial charge in [-0.2, -0.15) is 0 Å². The van der Waals surface area contributed by atoms with Gasteiger partial charge in [0.1, 0.15) is 0 Å². The Morgan fingerprint density at radius 2 is 1.86 bits per heavy atom. The van der Waals surface area contributed by atoms with Crippen LogP contribution in [-0.2, 0) is 11.3 Å². The average Bonchev–Trinajstić information content (AvgIpc) is 2.45. The maximum Gasteiger partial charge on any atom is 0.229 e. The fourth-order valence-corrected chi connectivity index (χ4v) is 4.10. The Bertz CT molecular complexity index is 504. The van der Waals surface area contributed by atoms with Crippen LogP contribution in [0.5, 0.6) is 0 Å². The summed E-state index contributed by atoms with van der Waals surface area (Å²) in [5.74, 6) is 1.59. The highest BCUT2D eigenvalue weighted by atomic mass is 16.2. The van der Waals surface area contributed by atoms with E-state index in [1.807, 2.05) is 12.1 Å². The summed E-state index contributed by atoms with van der Waals surface area (Å²) in [4.78, 5) is 12.7. The smallest absolute Gasteiger partial charge is 0.229 e. The molecule has 3 rings (SSSR count). The van der Waals surface area contributed by atoms with Crippen molar-refractivity contribution in [3.63, 3.8) is 0 Å². The molecule has 2 aliphatic rings. The van der Waals surface area contributed by atoms with Crippen molar-refractivity contribution in [1.29, 1.82) is 0 Å². The zero-order chi connectivity index (χ0) is 14.8. The molecule has 1 aromatic carbocycles. The third-order valence-electron chi connectivity index (χ3n) is 4.94. The molecule has 0 spiro atoms. The lowest BCUT2D eigenvalue weighted by Crippen LogP contribution is -2.45. The molecule has 3 unspecified atom stereocenters. The van der Waals surface area contributed by atoms with Gasteiger partial charge in [-0.15, -0.1) is 0 Å². The van der Waals surface area contributed by atoms with Crippen molar-refractivity contribution < 1.29 is 4.79 Å². The predicted octanol–water partition coefficient (Wildman–Crippen LogP) is 2.81. The maximum absolute atomic E-state index is 12.7. The molecular formula is C18H26N2O. The van der Waals surface area contributed by atoms with Crippen molar-refractivity contribution in [3.05, 3.63) is 35.4 Å². The average molecular weight is 286 g/mol. The largest absolute Gasteiger partial charge is 0.353 e. The molecule has 0 radical (unpaired) electrons. The first kappa shape index (κ1) is 14.6. The summed E-state index contributed by atoms with van der Waals surface area (Å²) < 4.78 is 0. The monoisotopic (exact) mass is 286 g/mol. The summed E-state index contributed by atoms with van der Waals surface area (Å²) in [6, 6.07) is 8.66. The standard InChI is InChI=1S/C18H26N2O/c1-12-7-13(2)9-15(8-12)20-18(21)17-11-19-10-14-5-3-4-6-16(14)17/h3-6,12-13,15,17,19H,7-11H2,1-2H3,(H,20,21). The zero-order valence-corrected chi connectivity index (χ0v) is 13.1. The highest BCUT2D eigenvalue weighted by Gasteiger charge is 2.30. The molecule has 1 aliphatic carbocycles. The van der Waals surface area contributed by atoms with E-state index in [1.165, 1.54) is 17.5 Å². The number of rotatable bonds is 2. The van der Waals surface area contributed by atoms with Gasteiger partial charge < -0.3 is 10.6 Å².